The topological polar surface area (TPSA) is 15.3 Å². The molecule has 2 fully saturated rings. The molecule has 2 rings (SSSR count). The summed E-state index contributed by atoms with van der Waals surface area (Å²) in [6.45, 7) is 7.27. The number of nitrogens with zero attached hydrogens (tertiary/aromatic N) is 1. The van der Waals surface area contributed by atoms with Gasteiger partial charge >= 0.3 is 0 Å². The van der Waals surface area contributed by atoms with Crippen molar-refractivity contribution in [2.24, 2.45) is 11.3 Å². The van der Waals surface area contributed by atoms with Crippen molar-refractivity contribution in [3.8, 4) is 0 Å². The van der Waals surface area contributed by atoms with E-state index in [2.05, 4.69) is 45.1 Å². The molecule has 2 nitrogen and oxygen atoms in total. The summed E-state index contributed by atoms with van der Waals surface area (Å²) in [4.78, 5) is 2.71. The molecule has 1 N–H and O–H groups in total. The first-order chi connectivity index (χ1) is 8.45. The van der Waals surface area contributed by atoms with Crippen LogP contribution in [-0.4, -0.2) is 37.1 Å². The van der Waals surface area contributed by atoms with Gasteiger partial charge in [-0.1, -0.05) is 33.6 Å². The molecular weight excluding hydrogens is 220 g/mol. The van der Waals surface area contributed by atoms with Crippen LogP contribution in [0, 0.1) is 11.3 Å². The van der Waals surface area contributed by atoms with Gasteiger partial charge in [0.1, 0.15) is 0 Å². The minimum absolute atomic E-state index is 0.452. The second kappa shape index (κ2) is 5.50. The van der Waals surface area contributed by atoms with Crippen LogP contribution in [0.3, 0.4) is 0 Å². The molecule has 2 aliphatic rings. The van der Waals surface area contributed by atoms with Crippen molar-refractivity contribution in [2.45, 2.75) is 77.4 Å². The summed E-state index contributed by atoms with van der Waals surface area (Å²) in [5.41, 5.74) is 0.452. The molecule has 0 amide bonds. The molecule has 0 aliphatic heterocycles. The maximum Gasteiger partial charge on any atom is 0.0271 e. The van der Waals surface area contributed by atoms with Gasteiger partial charge in [0.25, 0.3) is 0 Å². The molecule has 2 aliphatic carbocycles. The second-order valence-electron chi connectivity index (χ2n) is 7.45. The molecule has 0 aromatic heterocycles. The Morgan fingerprint density at radius 1 is 1.17 bits per heavy atom. The van der Waals surface area contributed by atoms with E-state index in [0.717, 1.165) is 18.0 Å². The smallest absolute Gasteiger partial charge is 0.0271 e. The van der Waals surface area contributed by atoms with E-state index in [-0.39, 0.29) is 0 Å². The van der Waals surface area contributed by atoms with Crippen molar-refractivity contribution in [1.82, 2.24) is 10.2 Å². The van der Waals surface area contributed by atoms with Gasteiger partial charge < -0.3 is 5.32 Å². The molecular formula is C16H32N2. The highest BCUT2D eigenvalue weighted by molar-refractivity contribution is 5.01. The first-order valence-electron chi connectivity index (χ1n) is 7.85. The normalized spacial score (nSPS) is 40.3. The highest BCUT2D eigenvalue weighted by Crippen LogP contribution is 2.41. The van der Waals surface area contributed by atoms with Crippen LogP contribution >= 0.6 is 0 Å². The van der Waals surface area contributed by atoms with E-state index >= 15 is 0 Å². The molecule has 18 heavy (non-hydrogen) atoms. The lowest BCUT2D eigenvalue weighted by atomic mass is 9.84. The van der Waals surface area contributed by atoms with E-state index in [9.17, 15) is 0 Å². The number of likely N-dealkylation sites (N-methyl/N-ethyl adjacent to an activating group) is 2. The monoisotopic (exact) mass is 252 g/mol. The minimum atomic E-state index is 0.452. The molecule has 0 heterocycles. The van der Waals surface area contributed by atoms with Gasteiger partial charge in [-0.25, -0.2) is 0 Å². The van der Waals surface area contributed by atoms with Crippen molar-refractivity contribution in [3.05, 3.63) is 0 Å². The number of rotatable bonds is 3. The van der Waals surface area contributed by atoms with E-state index in [1.807, 2.05) is 0 Å². The van der Waals surface area contributed by atoms with Crippen LogP contribution in [0.2, 0.25) is 0 Å². The molecule has 2 saturated carbocycles. The summed E-state index contributed by atoms with van der Waals surface area (Å²) in [6.07, 6.45) is 8.40. The van der Waals surface area contributed by atoms with Gasteiger partial charge in [0.2, 0.25) is 0 Å². The fraction of sp³-hybridized carbons (Fsp3) is 1.00. The fourth-order valence-corrected chi connectivity index (χ4v) is 4.43. The van der Waals surface area contributed by atoms with Crippen LogP contribution in [0.15, 0.2) is 0 Å². The third-order valence-corrected chi connectivity index (χ3v) is 5.63. The molecule has 4 unspecified atom stereocenters. The summed E-state index contributed by atoms with van der Waals surface area (Å²) in [7, 11) is 4.52. The summed E-state index contributed by atoms with van der Waals surface area (Å²) in [5.74, 6) is 0.925. The predicted molar refractivity (Wildman–Crippen MR) is 78.8 cm³/mol. The van der Waals surface area contributed by atoms with Crippen LogP contribution in [0.5, 0.6) is 0 Å². The average molecular weight is 252 g/mol. The van der Waals surface area contributed by atoms with Crippen LogP contribution < -0.4 is 5.32 Å². The summed E-state index contributed by atoms with van der Waals surface area (Å²) in [5, 5.41) is 3.59. The molecule has 0 aromatic rings. The van der Waals surface area contributed by atoms with Crippen molar-refractivity contribution in [3.63, 3.8) is 0 Å². The molecule has 0 saturated heterocycles. The first-order valence-corrected chi connectivity index (χ1v) is 7.85. The van der Waals surface area contributed by atoms with Gasteiger partial charge in [-0.15, -0.1) is 0 Å². The van der Waals surface area contributed by atoms with Gasteiger partial charge in [-0.05, 0) is 51.1 Å². The Morgan fingerprint density at radius 2 is 1.89 bits per heavy atom. The number of nitrogens with one attached hydrogen (secondary N) is 1. The molecule has 106 valence electrons. The molecule has 0 spiro atoms. The summed E-state index contributed by atoms with van der Waals surface area (Å²) >= 11 is 0. The van der Waals surface area contributed by atoms with Gasteiger partial charge in [0.05, 0.1) is 0 Å². The zero-order valence-corrected chi connectivity index (χ0v) is 13.0. The second-order valence-corrected chi connectivity index (χ2v) is 7.45. The van der Waals surface area contributed by atoms with E-state index in [4.69, 9.17) is 0 Å². The van der Waals surface area contributed by atoms with Crippen molar-refractivity contribution in [1.29, 1.82) is 0 Å². The SMILES string of the molecule is CNC1C(N(C)C2CCCC(C)C2)CCC1(C)C. The number of hydrogen-bond acceptors (Lipinski definition) is 2. The fourth-order valence-electron chi connectivity index (χ4n) is 4.43. The molecule has 0 radical (unpaired) electrons. The highest BCUT2D eigenvalue weighted by atomic mass is 15.2. The molecule has 0 bridgehead atoms. The van der Waals surface area contributed by atoms with Gasteiger partial charge in [0.15, 0.2) is 0 Å². The minimum Gasteiger partial charge on any atom is -0.315 e. The van der Waals surface area contributed by atoms with Gasteiger partial charge in [0, 0.05) is 18.1 Å². The maximum absolute atomic E-state index is 3.59. The van der Waals surface area contributed by atoms with Crippen molar-refractivity contribution in [2.75, 3.05) is 14.1 Å². The molecule has 2 heteroatoms. The van der Waals surface area contributed by atoms with E-state index in [1.54, 1.807) is 0 Å². The Morgan fingerprint density at radius 3 is 2.50 bits per heavy atom. The average Bonchev–Trinajstić information content (AvgIpc) is 2.63. The van der Waals surface area contributed by atoms with Crippen molar-refractivity contribution >= 4 is 0 Å². The van der Waals surface area contributed by atoms with E-state index < -0.39 is 0 Å². The van der Waals surface area contributed by atoms with Gasteiger partial charge in [-0.2, -0.15) is 0 Å². The zero-order valence-electron chi connectivity index (χ0n) is 13.0. The Balaban J connectivity index is 2.02. The lowest BCUT2D eigenvalue weighted by Crippen LogP contribution is -2.53. The third-order valence-electron chi connectivity index (χ3n) is 5.63. The Kier molecular flexibility index (Phi) is 4.38. The van der Waals surface area contributed by atoms with E-state index in [0.29, 0.717) is 11.5 Å². The van der Waals surface area contributed by atoms with Crippen LogP contribution in [0.25, 0.3) is 0 Å². The Bertz CT molecular complexity index is 274. The van der Waals surface area contributed by atoms with Crippen molar-refractivity contribution < 1.29 is 0 Å². The van der Waals surface area contributed by atoms with Crippen LogP contribution in [0.1, 0.15) is 59.3 Å². The lowest BCUT2D eigenvalue weighted by Gasteiger charge is -2.41. The van der Waals surface area contributed by atoms with E-state index in [1.165, 1.54) is 38.5 Å². The van der Waals surface area contributed by atoms with Gasteiger partial charge in [-0.3, -0.25) is 4.90 Å². The summed E-state index contributed by atoms with van der Waals surface area (Å²) < 4.78 is 0. The Hall–Kier alpha value is -0.0800. The number of hydrogen-bond donors (Lipinski definition) is 1. The quantitative estimate of drug-likeness (QED) is 0.829. The third kappa shape index (κ3) is 2.75. The molecule has 0 aromatic carbocycles. The maximum atomic E-state index is 3.59. The first kappa shape index (κ1) is 14.3. The highest BCUT2D eigenvalue weighted by Gasteiger charge is 2.44. The standard InChI is InChI=1S/C16H32N2/c1-12-7-6-8-13(11-12)18(5)14-9-10-16(2,3)15(14)17-4/h12-15,17H,6-11H2,1-5H3. The van der Waals surface area contributed by atoms with Crippen LogP contribution in [0.4, 0.5) is 0 Å². The predicted octanol–water partition coefficient (Wildman–Crippen LogP) is 3.27. The zero-order chi connectivity index (χ0) is 13.3. The van der Waals surface area contributed by atoms with Crippen LogP contribution in [-0.2, 0) is 0 Å². The molecule has 4 atom stereocenters. The lowest BCUT2D eigenvalue weighted by molar-refractivity contribution is 0.0941. The largest absolute Gasteiger partial charge is 0.315 e. The summed E-state index contributed by atoms with van der Waals surface area (Å²) in [6, 6.07) is 2.21. The Labute approximate surface area is 114 Å².